The fourth-order valence-corrected chi connectivity index (χ4v) is 4.33. The first-order chi connectivity index (χ1) is 12.9. The summed E-state index contributed by atoms with van der Waals surface area (Å²) in [5.74, 6) is -0.632. The van der Waals surface area contributed by atoms with Gasteiger partial charge in [-0.25, -0.2) is 0 Å². The van der Waals surface area contributed by atoms with Crippen LogP contribution in [0.15, 0.2) is 24.3 Å². The van der Waals surface area contributed by atoms with E-state index in [1.165, 1.54) is 35.6 Å². The molecule has 3 rings (SSSR count). The summed E-state index contributed by atoms with van der Waals surface area (Å²) in [5, 5.41) is 13.9. The lowest BCUT2D eigenvalue weighted by Gasteiger charge is -2.14. The number of non-ortho nitro benzene ring substituents is 1. The lowest BCUT2D eigenvalue weighted by molar-refractivity contribution is -0.384. The first kappa shape index (κ1) is 18.8. The number of anilines is 1. The highest BCUT2D eigenvalue weighted by molar-refractivity contribution is 7.17. The first-order valence-corrected chi connectivity index (χ1v) is 9.34. The number of nitro benzene ring substituents is 1. The van der Waals surface area contributed by atoms with E-state index < -0.39 is 22.8 Å². The molecule has 2 amide bonds. The van der Waals surface area contributed by atoms with Crippen LogP contribution in [0.25, 0.3) is 0 Å². The number of fused-ring (bicyclic) bond motifs is 1. The number of nitro groups is 1. The van der Waals surface area contributed by atoms with Gasteiger partial charge in [0.15, 0.2) is 6.10 Å². The van der Waals surface area contributed by atoms with E-state index in [-0.39, 0.29) is 5.69 Å². The normalized spacial score (nSPS) is 14.1. The van der Waals surface area contributed by atoms with Crippen LogP contribution in [-0.2, 0) is 17.6 Å². The minimum Gasteiger partial charge on any atom is -0.481 e. The van der Waals surface area contributed by atoms with E-state index in [0.717, 1.165) is 36.1 Å². The van der Waals surface area contributed by atoms with E-state index >= 15 is 0 Å². The van der Waals surface area contributed by atoms with E-state index in [0.29, 0.717) is 16.3 Å². The van der Waals surface area contributed by atoms with Crippen molar-refractivity contribution in [1.29, 1.82) is 0 Å². The lowest BCUT2D eigenvalue weighted by Crippen LogP contribution is -2.30. The van der Waals surface area contributed by atoms with Crippen molar-refractivity contribution in [3.05, 3.63) is 50.4 Å². The number of carbonyl (C=O) groups excluding carboxylic acids is 2. The van der Waals surface area contributed by atoms with Crippen molar-refractivity contribution in [1.82, 2.24) is 0 Å². The number of aryl methyl sites for hydroxylation is 1. The molecule has 27 heavy (non-hydrogen) atoms. The molecule has 1 unspecified atom stereocenters. The summed E-state index contributed by atoms with van der Waals surface area (Å²) in [6.45, 7) is 1.56. The van der Waals surface area contributed by atoms with Crippen LogP contribution < -0.4 is 15.8 Å². The lowest BCUT2D eigenvalue weighted by atomic mass is 9.95. The second-order valence-corrected chi connectivity index (χ2v) is 7.38. The third-order valence-electron chi connectivity index (χ3n) is 4.38. The van der Waals surface area contributed by atoms with Crippen LogP contribution in [0.5, 0.6) is 5.75 Å². The average molecular weight is 389 g/mol. The van der Waals surface area contributed by atoms with E-state index in [4.69, 9.17) is 10.5 Å². The summed E-state index contributed by atoms with van der Waals surface area (Å²) in [6.07, 6.45) is 2.86. The van der Waals surface area contributed by atoms with Gasteiger partial charge >= 0.3 is 0 Å². The van der Waals surface area contributed by atoms with Gasteiger partial charge in [-0.2, -0.15) is 0 Å². The maximum absolute atomic E-state index is 12.5. The molecule has 3 N–H and O–H groups in total. The van der Waals surface area contributed by atoms with Crippen LogP contribution in [0.2, 0.25) is 0 Å². The smallest absolute Gasteiger partial charge is 0.269 e. The molecule has 8 nitrogen and oxygen atoms in total. The van der Waals surface area contributed by atoms with Crippen molar-refractivity contribution in [2.45, 2.75) is 38.7 Å². The fraction of sp³-hybridized carbons (Fsp3) is 0.333. The third kappa shape index (κ3) is 4.08. The number of carbonyl (C=O) groups is 2. The molecule has 0 spiro atoms. The summed E-state index contributed by atoms with van der Waals surface area (Å²) in [7, 11) is 0. The summed E-state index contributed by atoms with van der Waals surface area (Å²) in [6, 6.07) is 5.47. The Morgan fingerprint density at radius 2 is 1.93 bits per heavy atom. The maximum Gasteiger partial charge on any atom is 0.269 e. The molecule has 0 aliphatic heterocycles. The van der Waals surface area contributed by atoms with Crippen molar-refractivity contribution in [2.75, 3.05) is 5.32 Å². The van der Waals surface area contributed by atoms with Gasteiger partial charge in [0, 0.05) is 17.0 Å². The molecule has 1 aromatic heterocycles. The van der Waals surface area contributed by atoms with Gasteiger partial charge in [0.1, 0.15) is 10.8 Å². The van der Waals surface area contributed by atoms with Gasteiger partial charge in [-0.1, -0.05) is 0 Å². The predicted octanol–water partition coefficient (Wildman–Crippen LogP) is 3.04. The van der Waals surface area contributed by atoms with E-state index in [2.05, 4.69) is 5.32 Å². The fourth-order valence-electron chi connectivity index (χ4n) is 3.03. The number of nitrogens with one attached hydrogen (secondary N) is 1. The summed E-state index contributed by atoms with van der Waals surface area (Å²) in [4.78, 5) is 35.6. The molecule has 0 bridgehead atoms. The van der Waals surface area contributed by atoms with Crippen LogP contribution in [0.3, 0.4) is 0 Å². The quantitative estimate of drug-likeness (QED) is 0.580. The van der Waals surface area contributed by atoms with Gasteiger partial charge in [0.2, 0.25) is 0 Å². The topological polar surface area (TPSA) is 125 Å². The molecule has 0 saturated carbocycles. The number of thiophene rings is 1. The SMILES string of the molecule is CC(Oc1ccc([N+](=O)[O-])cc1)C(=O)Nc1sc2c(c1C(N)=O)CCCC2. The minimum absolute atomic E-state index is 0.0604. The summed E-state index contributed by atoms with van der Waals surface area (Å²) >= 11 is 1.38. The Kier molecular flexibility index (Phi) is 5.41. The van der Waals surface area contributed by atoms with Gasteiger partial charge < -0.3 is 15.8 Å². The molecule has 2 aromatic rings. The second-order valence-electron chi connectivity index (χ2n) is 6.28. The second kappa shape index (κ2) is 7.75. The monoisotopic (exact) mass is 389 g/mol. The van der Waals surface area contributed by atoms with Crippen LogP contribution in [0, 0.1) is 10.1 Å². The van der Waals surface area contributed by atoms with Crippen molar-refractivity contribution in [2.24, 2.45) is 5.73 Å². The predicted molar refractivity (Wildman–Crippen MR) is 101 cm³/mol. The zero-order chi connectivity index (χ0) is 19.6. The number of rotatable bonds is 6. The van der Waals surface area contributed by atoms with Crippen LogP contribution >= 0.6 is 11.3 Å². The van der Waals surface area contributed by atoms with Crippen molar-refractivity contribution in [3.63, 3.8) is 0 Å². The zero-order valence-corrected chi connectivity index (χ0v) is 15.5. The third-order valence-corrected chi connectivity index (χ3v) is 5.59. The zero-order valence-electron chi connectivity index (χ0n) is 14.7. The highest BCUT2D eigenvalue weighted by atomic mass is 32.1. The van der Waals surface area contributed by atoms with Gasteiger partial charge in [-0.3, -0.25) is 19.7 Å². The molecule has 0 radical (unpaired) electrons. The molecule has 1 aliphatic rings. The molecule has 1 aromatic carbocycles. The Morgan fingerprint density at radius 3 is 2.56 bits per heavy atom. The molecule has 9 heteroatoms. The molecule has 1 aliphatic carbocycles. The summed E-state index contributed by atoms with van der Waals surface area (Å²) in [5.41, 5.74) is 6.80. The minimum atomic E-state index is -0.855. The van der Waals surface area contributed by atoms with Gasteiger partial charge in [0.25, 0.3) is 17.5 Å². The number of amides is 2. The molecular formula is C18H19N3O5S. The van der Waals surface area contributed by atoms with Gasteiger partial charge in [0.05, 0.1) is 10.5 Å². The molecular weight excluding hydrogens is 370 g/mol. The van der Waals surface area contributed by atoms with Crippen LogP contribution in [0.1, 0.15) is 40.6 Å². The number of hydrogen-bond acceptors (Lipinski definition) is 6. The molecule has 142 valence electrons. The maximum atomic E-state index is 12.5. The van der Waals surface area contributed by atoms with Crippen LogP contribution in [-0.4, -0.2) is 22.8 Å². The Bertz CT molecular complexity index is 891. The summed E-state index contributed by atoms with van der Waals surface area (Å²) < 4.78 is 5.54. The van der Waals surface area contributed by atoms with Crippen molar-refractivity contribution in [3.8, 4) is 5.75 Å². The number of nitrogens with zero attached hydrogens (tertiary/aromatic N) is 1. The Hall–Kier alpha value is -2.94. The highest BCUT2D eigenvalue weighted by Crippen LogP contribution is 2.38. The largest absolute Gasteiger partial charge is 0.481 e. The Balaban J connectivity index is 1.72. The number of benzene rings is 1. The Labute approximate surface area is 159 Å². The highest BCUT2D eigenvalue weighted by Gasteiger charge is 2.26. The van der Waals surface area contributed by atoms with E-state index in [1.54, 1.807) is 6.92 Å². The molecule has 1 heterocycles. The standard InChI is InChI=1S/C18H19N3O5S/c1-10(26-12-8-6-11(7-9-12)21(24)25)17(23)20-18-15(16(19)22)13-4-2-3-5-14(13)27-18/h6-10H,2-5H2,1H3,(H2,19,22)(H,20,23). The number of ether oxygens (including phenoxy) is 1. The molecule has 1 atom stereocenters. The Morgan fingerprint density at radius 1 is 1.26 bits per heavy atom. The number of nitrogens with two attached hydrogens (primary N) is 1. The van der Waals surface area contributed by atoms with Crippen LogP contribution in [0.4, 0.5) is 10.7 Å². The average Bonchev–Trinajstić information content (AvgIpc) is 3.00. The molecule has 0 fully saturated rings. The van der Waals surface area contributed by atoms with Gasteiger partial charge in [-0.15, -0.1) is 11.3 Å². The van der Waals surface area contributed by atoms with E-state index in [1.807, 2.05) is 0 Å². The van der Waals surface area contributed by atoms with E-state index in [9.17, 15) is 19.7 Å². The van der Waals surface area contributed by atoms with Gasteiger partial charge in [-0.05, 0) is 50.3 Å². The first-order valence-electron chi connectivity index (χ1n) is 8.53. The van der Waals surface area contributed by atoms with Crippen molar-refractivity contribution >= 4 is 33.8 Å². The van der Waals surface area contributed by atoms with Crippen molar-refractivity contribution < 1.29 is 19.2 Å². The molecule has 0 saturated heterocycles. The number of hydrogen-bond donors (Lipinski definition) is 2. The number of primary amides is 1.